The number of benzene rings is 1. The molecule has 0 saturated heterocycles. The summed E-state index contributed by atoms with van der Waals surface area (Å²) in [5.41, 5.74) is 0. The molecular weight excluding hydrogens is 280 g/mol. The number of aliphatic carboxylic acids is 1. The Morgan fingerprint density at radius 1 is 1.25 bits per heavy atom. The van der Waals surface area contributed by atoms with Crippen molar-refractivity contribution in [2.24, 2.45) is 5.92 Å². The number of hydrogen-bond donors (Lipinski definition) is 1. The average molecular weight is 296 g/mol. The van der Waals surface area contributed by atoms with Crippen molar-refractivity contribution in [3.63, 3.8) is 0 Å². The molecule has 1 saturated carbocycles. The van der Waals surface area contributed by atoms with Crippen LogP contribution in [0.1, 0.15) is 25.7 Å². The second-order valence-electron chi connectivity index (χ2n) is 5.01. The van der Waals surface area contributed by atoms with Gasteiger partial charge in [-0.15, -0.1) is 0 Å². The van der Waals surface area contributed by atoms with Gasteiger partial charge >= 0.3 is 5.97 Å². The molecule has 2 atom stereocenters. The van der Waals surface area contributed by atoms with Crippen LogP contribution in [-0.2, 0) is 19.4 Å². The fraction of sp³-hybridized carbons (Fsp3) is 0.429. The minimum Gasteiger partial charge on any atom is -0.480 e. The van der Waals surface area contributed by atoms with Crippen molar-refractivity contribution < 1.29 is 23.1 Å². The van der Waals surface area contributed by atoms with Crippen molar-refractivity contribution in [2.75, 3.05) is 0 Å². The molecule has 1 aliphatic carbocycles. The van der Waals surface area contributed by atoms with Crippen LogP contribution in [0.2, 0.25) is 0 Å². The van der Waals surface area contributed by atoms with Crippen molar-refractivity contribution in [1.29, 1.82) is 0 Å². The molecule has 0 radical (unpaired) electrons. The van der Waals surface area contributed by atoms with Gasteiger partial charge < -0.3 is 5.11 Å². The van der Waals surface area contributed by atoms with E-state index < -0.39 is 27.0 Å². The highest BCUT2D eigenvalue weighted by Crippen LogP contribution is 2.31. The van der Waals surface area contributed by atoms with Crippen LogP contribution in [0.25, 0.3) is 0 Å². The van der Waals surface area contributed by atoms with Crippen molar-refractivity contribution in [1.82, 2.24) is 0 Å². The maximum absolute atomic E-state index is 12.5. The van der Waals surface area contributed by atoms with Crippen LogP contribution in [0.3, 0.4) is 0 Å². The van der Waals surface area contributed by atoms with E-state index in [4.69, 9.17) is 0 Å². The van der Waals surface area contributed by atoms with E-state index in [0.29, 0.717) is 19.3 Å². The fourth-order valence-corrected chi connectivity index (χ4v) is 4.50. The first-order valence-corrected chi connectivity index (χ1v) is 8.01. The summed E-state index contributed by atoms with van der Waals surface area (Å²) >= 11 is 0. The van der Waals surface area contributed by atoms with Gasteiger partial charge in [0.05, 0.1) is 4.90 Å². The number of hydrogen-bond acceptors (Lipinski definition) is 4. The minimum atomic E-state index is -3.98. The molecule has 1 N–H and O–H groups in total. The first-order chi connectivity index (χ1) is 9.43. The van der Waals surface area contributed by atoms with Crippen LogP contribution in [0, 0.1) is 5.92 Å². The Morgan fingerprint density at radius 3 is 2.45 bits per heavy atom. The van der Waals surface area contributed by atoms with Gasteiger partial charge in [-0.25, -0.2) is 8.42 Å². The molecule has 2 rings (SSSR count). The number of carbonyl (C=O) groups is 2. The van der Waals surface area contributed by atoms with Gasteiger partial charge in [-0.3, -0.25) is 9.59 Å². The third-order valence-electron chi connectivity index (χ3n) is 3.60. The van der Waals surface area contributed by atoms with Crippen LogP contribution >= 0.6 is 0 Å². The topological polar surface area (TPSA) is 88.5 Å². The fourth-order valence-electron chi connectivity index (χ4n) is 2.66. The molecule has 0 amide bonds. The Kier molecular flexibility index (Phi) is 4.23. The summed E-state index contributed by atoms with van der Waals surface area (Å²) in [6, 6.07) is 7.54. The molecule has 0 aromatic heterocycles. The van der Waals surface area contributed by atoms with Crippen LogP contribution in [0.15, 0.2) is 35.2 Å². The number of carbonyl (C=O) groups excluding carboxylic acids is 1. The van der Waals surface area contributed by atoms with Gasteiger partial charge in [0, 0.05) is 12.8 Å². The molecule has 5 nitrogen and oxygen atoms in total. The summed E-state index contributed by atoms with van der Waals surface area (Å²) in [4.78, 5) is 22.9. The second kappa shape index (κ2) is 5.75. The van der Waals surface area contributed by atoms with Gasteiger partial charge in [0.2, 0.25) is 0 Å². The number of ketones is 1. The smallest absolute Gasteiger partial charge is 0.322 e. The Hall–Kier alpha value is -1.69. The molecule has 1 aromatic carbocycles. The van der Waals surface area contributed by atoms with Gasteiger partial charge in [0.15, 0.2) is 15.1 Å². The maximum atomic E-state index is 12.5. The highest BCUT2D eigenvalue weighted by atomic mass is 32.2. The van der Waals surface area contributed by atoms with Crippen LogP contribution in [0.5, 0.6) is 0 Å². The van der Waals surface area contributed by atoms with Gasteiger partial charge in [-0.1, -0.05) is 18.2 Å². The monoisotopic (exact) mass is 296 g/mol. The van der Waals surface area contributed by atoms with E-state index in [1.165, 1.54) is 12.1 Å². The van der Waals surface area contributed by atoms with Crippen molar-refractivity contribution >= 4 is 21.6 Å². The molecule has 0 spiro atoms. The molecule has 108 valence electrons. The molecule has 1 aromatic rings. The van der Waals surface area contributed by atoms with Crippen LogP contribution < -0.4 is 0 Å². The van der Waals surface area contributed by atoms with E-state index in [0.717, 1.165) is 0 Å². The highest BCUT2D eigenvalue weighted by molar-refractivity contribution is 7.92. The number of Topliss-reactive ketones (excluding diaryl/α,β-unsaturated/α-hetero) is 1. The lowest BCUT2D eigenvalue weighted by Gasteiger charge is -2.26. The molecule has 1 fully saturated rings. The Bertz CT molecular complexity index is 606. The predicted molar refractivity (Wildman–Crippen MR) is 72.0 cm³/mol. The zero-order valence-electron chi connectivity index (χ0n) is 10.9. The average Bonchev–Trinajstić information content (AvgIpc) is 2.39. The summed E-state index contributed by atoms with van der Waals surface area (Å²) in [7, 11) is -3.98. The first-order valence-electron chi connectivity index (χ1n) is 6.46. The standard InChI is InChI=1S/C14H16O5S/c15-11-6-4-5-10(9-11)13(14(16)17)20(18,19)12-7-2-1-3-8-12/h1-3,7-8,10,13H,4-6,9H2,(H,16,17). The van der Waals surface area contributed by atoms with Crippen molar-refractivity contribution in [3.05, 3.63) is 30.3 Å². The Morgan fingerprint density at radius 2 is 1.90 bits per heavy atom. The normalized spacial score (nSPS) is 21.4. The quantitative estimate of drug-likeness (QED) is 0.913. The number of carboxylic acids is 1. The van der Waals surface area contributed by atoms with Crippen molar-refractivity contribution in [2.45, 2.75) is 35.8 Å². The lowest BCUT2D eigenvalue weighted by molar-refractivity contribution is -0.138. The third kappa shape index (κ3) is 2.90. The summed E-state index contributed by atoms with van der Waals surface area (Å²) < 4.78 is 25.0. The van der Waals surface area contributed by atoms with E-state index in [9.17, 15) is 23.1 Å². The number of rotatable bonds is 4. The molecular formula is C14H16O5S. The molecule has 6 heteroatoms. The van der Waals surface area contributed by atoms with Crippen LogP contribution in [0.4, 0.5) is 0 Å². The predicted octanol–water partition coefficient (Wildman–Crippen LogP) is 1.67. The third-order valence-corrected chi connectivity index (χ3v) is 5.78. The van der Waals surface area contributed by atoms with E-state index >= 15 is 0 Å². The van der Waals surface area contributed by atoms with E-state index in [1.807, 2.05) is 0 Å². The maximum Gasteiger partial charge on any atom is 0.322 e. The second-order valence-corrected chi connectivity index (χ2v) is 7.08. The van der Waals surface area contributed by atoms with E-state index in [1.54, 1.807) is 18.2 Å². The zero-order chi connectivity index (χ0) is 14.8. The lowest BCUT2D eigenvalue weighted by atomic mass is 9.86. The number of sulfone groups is 1. The van der Waals surface area contributed by atoms with Crippen LogP contribution in [-0.4, -0.2) is 30.5 Å². The Labute approximate surface area is 117 Å². The minimum absolute atomic E-state index is 0.00887. The largest absolute Gasteiger partial charge is 0.480 e. The Balaban J connectivity index is 2.38. The summed E-state index contributed by atoms with van der Waals surface area (Å²) in [5, 5.41) is 7.77. The number of carboxylic acid groups (broad SMARTS) is 1. The molecule has 20 heavy (non-hydrogen) atoms. The molecule has 0 heterocycles. The van der Waals surface area contributed by atoms with Gasteiger partial charge in [0.25, 0.3) is 0 Å². The van der Waals surface area contributed by atoms with Gasteiger partial charge in [-0.05, 0) is 30.9 Å². The highest BCUT2D eigenvalue weighted by Gasteiger charge is 2.42. The summed E-state index contributed by atoms with van der Waals surface area (Å²) in [6.45, 7) is 0. The van der Waals surface area contributed by atoms with E-state index in [2.05, 4.69) is 0 Å². The first kappa shape index (κ1) is 14.7. The van der Waals surface area contributed by atoms with Gasteiger partial charge in [0.1, 0.15) is 5.78 Å². The molecule has 0 aliphatic heterocycles. The van der Waals surface area contributed by atoms with E-state index in [-0.39, 0.29) is 17.1 Å². The summed E-state index contributed by atoms with van der Waals surface area (Å²) in [5.74, 6) is -2.08. The lowest BCUT2D eigenvalue weighted by Crippen LogP contribution is -2.39. The zero-order valence-corrected chi connectivity index (χ0v) is 11.7. The van der Waals surface area contributed by atoms with Crippen molar-refractivity contribution in [3.8, 4) is 0 Å². The molecule has 0 bridgehead atoms. The van der Waals surface area contributed by atoms with Gasteiger partial charge in [-0.2, -0.15) is 0 Å². The SMILES string of the molecule is O=C1CCCC(C(C(=O)O)S(=O)(=O)c2ccccc2)C1. The molecule has 1 aliphatic rings. The summed E-state index contributed by atoms with van der Waals surface area (Å²) in [6.07, 6.45) is 1.45. The molecule has 2 unspecified atom stereocenters.